The van der Waals surface area contributed by atoms with Gasteiger partial charge in [0.25, 0.3) is 0 Å². The third kappa shape index (κ3) is 6.69. The maximum Gasteiger partial charge on any atom is 0.143 e. The van der Waals surface area contributed by atoms with Crippen molar-refractivity contribution >= 4 is 11.5 Å². The average Bonchev–Trinajstić information content (AvgIpc) is 2.23. The van der Waals surface area contributed by atoms with Crippen LogP contribution in [0.15, 0.2) is 24.3 Å². The first-order valence-electron chi connectivity index (χ1n) is 5.23. The van der Waals surface area contributed by atoms with E-state index in [1.165, 1.54) is 0 Å². The Hall–Kier alpha value is -1.35. The molecule has 1 aromatic rings. The Balaban J connectivity index is 0.000000921. The highest BCUT2D eigenvalue weighted by Gasteiger charge is 1.94. The van der Waals surface area contributed by atoms with Gasteiger partial charge in [-0.1, -0.05) is 26.0 Å². The summed E-state index contributed by atoms with van der Waals surface area (Å²) in [5, 5.41) is 3.03. The van der Waals surface area contributed by atoms with Crippen LogP contribution in [0, 0.1) is 0 Å². The van der Waals surface area contributed by atoms with Crippen LogP contribution >= 0.6 is 0 Å². The van der Waals surface area contributed by atoms with Crippen LogP contribution in [-0.4, -0.2) is 12.3 Å². The number of nitrogen functional groups attached to an aromatic ring is 1. The van der Waals surface area contributed by atoms with E-state index in [0.717, 1.165) is 11.3 Å². The summed E-state index contributed by atoms with van der Waals surface area (Å²) in [4.78, 5) is 10.6. The SMILES string of the molecule is CC.CC(=O)CNCc1ccc(N)cc1. The Kier molecular flexibility index (Phi) is 7.28. The standard InChI is InChI=1S/C10H14N2O.C2H6/c1-8(13)6-12-7-9-2-4-10(11)5-3-9;1-2/h2-5,12H,6-7,11H2,1H3;1-2H3. The molecular weight excluding hydrogens is 188 g/mol. The molecule has 0 bridgehead atoms. The molecule has 0 aliphatic carbocycles. The number of nitrogens with one attached hydrogen (secondary N) is 1. The number of benzene rings is 1. The van der Waals surface area contributed by atoms with Crippen molar-refractivity contribution < 1.29 is 4.79 Å². The molecule has 0 atom stereocenters. The molecule has 0 aromatic heterocycles. The number of carbonyl (C=O) groups is 1. The Morgan fingerprint density at radius 3 is 2.27 bits per heavy atom. The second-order valence-electron chi connectivity index (χ2n) is 3.05. The second-order valence-corrected chi connectivity index (χ2v) is 3.05. The smallest absolute Gasteiger partial charge is 0.143 e. The van der Waals surface area contributed by atoms with Crippen molar-refractivity contribution in [1.82, 2.24) is 5.32 Å². The first-order chi connectivity index (χ1) is 7.18. The molecule has 3 nitrogen and oxygen atoms in total. The van der Waals surface area contributed by atoms with Gasteiger partial charge >= 0.3 is 0 Å². The predicted octanol–water partition coefficient (Wildman–Crippen LogP) is 1.97. The fourth-order valence-electron chi connectivity index (χ4n) is 1.02. The van der Waals surface area contributed by atoms with Crippen molar-refractivity contribution in [2.24, 2.45) is 0 Å². The molecule has 0 heterocycles. The normalized spacial score (nSPS) is 9.00. The third-order valence-electron chi connectivity index (χ3n) is 1.68. The Morgan fingerprint density at radius 1 is 1.27 bits per heavy atom. The lowest BCUT2D eigenvalue weighted by Crippen LogP contribution is -2.20. The lowest BCUT2D eigenvalue weighted by atomic mass is 10.2. The zero-order valence-electron chi connectivity index (χ0n) is 9.71. The minimum Gasteiger partial charge on any atom is -0.399 e. The number of ketones is 1. The van der Waals surface area contributed by atoms with Gasteiger partial charge in [0, 0.05) is 12.2 Å². The summed E-state index contributed by atoms with van der Waals surface area (Å²) in [6.45, 7) is 6.69. The van der Waals surface area contributed by atoms with E-state index < -0.39 is 0 Å². The lowest BCUT2D eigenvalue weighted by Gasteiger charge is -2.02. The van der Waals surface area contributed by atoms with E-state index in [1.807, 2.05) is 38.1 Å². The van der Waals surface area contributed by atoms with Crippen LogP contribution in [0.3, 0.4) is 0 Å². The largest absolute Gasteiger partial charge is 0.399 e. The molecule has 0 saturated carbocycles. The predicted molar refractivity (Wildman–Crippen MR) is 64.6 cm³/mol. The zero-order valence-corrected chi connectivity index (χ0v) is 9.71. The topological polar surface area (TPSA) is 55.1 Å². The van der Waals surface area contributed by atoms with Crippen LogP contribution in [-0.2, 0) is 11.3 Å². The Bertz CT molecular complexity index is 280. The second kappa shape index (κ2) is 8.00. The van der Waals surface area contributed by atoms with Crippen molar-refractivity contribution in [2.45, 2.75) is 27.3 Å². The zero-order chi connectivity index (χ0) is 11.7. The molecule has 0 fully saturated rings. The molecule has 3 N–H and O–H groups in total. The van der Waals surface area contributed by atoms with Crippen molar-refractivity contribution in [3.63, 3.8) is 0 Å². The molecule has 0 radical (unpaired) electrons. The molecular formula is C12H20N2O. The van der Waals surface area contributed by atoms with Gasteiger partial charge in [0.05, 0.1) is 6.54 Å². The van der Waals surface area contributed by atoms with E-state index in [9.17, 15) is 4.79 Å². The van der Waals surface area contributed by atoms with Crippen LogP contribution in [0.4, 0.5) is 5.69 Å². The van der Waals surface area contributed by atoms with Gasteiger partial charge in [0.1, 0.15) is 5.78 Å². The Morgan fingerprint density at radius 2 is 1.80 bits per heavy atom. The van der Waals surface area contributed by atoms with Gasteiger partial charge in [-0.3, -0.25) is 4.79 Å². The molecule has 15 heavy (non-hydrogen) atoms. The molecule has 1 rings (SSSR count). The minimum atomic E-state index is 0.149. The van der Waals surface area contributed by atoms with Crippen LogP contribution in [0.2, 0.25) is 0 Å². The maximum atomic E-state index is 10.6. The van der Waals surface area contributed by atoms with Gasteiger partial charge in [-0.25, -0.2) is 0 Å². The van der Waals surface area contributed by atoms with E-state index in [0.29, 0.717) is 13.1 Å². The van der Waals surface area contributed by atoms with E-state index in [-0.39, 0.29) is 5.78 Å². The maximum absolute atomic E-state index is 10.6. The molecule has 84 valence electrons. The fourth-order valence-corrected chi connectivity index (χ4v) is 1.02. The number of nitrogens with two attached hydrogens (primary N) is 1. The van der Waals surface area contributed by atoms with Gasteiger partial charge in [0.2, 0.25) is 0 Å². The van der Waals surface area contributed by atoms with Crippen molar-refractivity contribution in [2.75, 3.05) is 12.3 Å². The summed E-state index contributed by atoms with van der Waals surface area (Å²) in [5.74, 6) is 0.149. The molecule has 0 amide bonds. The van der Waals surface area contributed by atoms with E-state index in [1.54, 1.807) is 6.92 Å². The first kappa shape index (κ1) is 13.7. The molecule has 0 spiro atoms. The van der Waals surface area contributed by atoms with Crippen LogP contribution < -0.4 is 11.1 Å². The summed E-state index contributed by atoms with van der Waals surface area (Å²) in [6, 6.07) is 7.60. The molecule has 0 aliphatic heterocycles. The summed E-state index contributed by atoms with van der Waals surface area (Å²) < 4.78 is 0. The third-order valence-corrected chi connectivity index (χ3v) is 1.68. The molecule has 1 aromatic carbocycles. The van der Waals surface area contributed by atoms with E-state index in [4.69, 9.17) is 5.73 Å². The van der Waals surface area contributed by atoms with Crippen LogP contribution in [0.1, 0.15) is 26.3 Å². The minimum absolute atomic E-state index is 0.149. The number of hydrogen-bond acceptors (Lipinski definition) is 3. The monoisotopic (exact) mass is 208 g/mol. The summed E-state index contributed by atoms with van der Waals surface area (Å²) in [5.41, 5.74) is 7.42. The number of hydrogen-bond donors (Lipinski definition) is 2. The van der Waals surface area contributed by atoms with Crippen LogP contribution in [0.25, 0.3) is 0 Å². The summed E-state index contributed by atoms with van der Waals surface area (Å²) in [7, 11) is 0. The number of rotatable bonds is 4. The van der Waals surface area contributed by atoms with Crippen molar-refractivity contribution in [1.29, 1.82) is 0 Å². The number of anilines is 1. The van der Waals surface area contributed by atoms with Crippen molar-refractivity contribution in [3.8, 4) is 0 Å². The van der Waals surface area contributed by atoms with Gasteiger partial charge in [-0.2, -0.15) is 0 Å². The summed E-state index contributed by atoms with van der Waals surface area (Å²) >= 11 is 0. The fraction of sp³-hybridized carbons (Fsp3) is 0.417. The van der Waals surface area contributed by atoms with Gasteiger partial charge < -0.3 is 11.1 Å². The highest BCUT2D eigenvalue weighted by Crippen LogP contribution is 2.04. The Labute approximate surface area is 91.7 Å². The highest BCUT2D eigenvalue weighted by atomic mass is 16.1. The van der Waals surface area contributed by atoms with E-state index >= 15 is 0 Å². The van der Waals surface area contributed by atoms with Gasteiger partial charge in [-0.15, -0.1) is 0 Å². The lowest BCUT2D eigenvalue weighted by molar-refractivity contribution is -0.116. The highest BCUT2D eigenvalue weighted by molar-refractivity contribution is 5.77. The number of carbonyl (C=O) groups excluding carboxylic acids is 1. The first-order valence-corrected chi connectivity index (χ1v) is 5.23. The van der Waals surface area contributed by atoms with Crippen molar-refractivity contribution in [3.05, 3.63) is 29.8 Å². The summed E-state index contributed by atoms with van der Waals surface area (Å²) in [6.07, 6.45) is 0. The molecule has 0 aliphatic rings. The molecule has 0 unspecified atom stereocenters. The quantitative estimate of drug-likeness (QED) is 0.744. The van der Waals surface area contributed by atoms with Crippen LogP contribution in [0.5, 0.6) is 0 Å². The van der Waals surface area contributed by atoms with E-state index in [2.05, 4.69) is 5.32 Å². The van der Waals surface area contributed by atoms with Gasteiger partial charge in [-0.05, 0) is 24.6 Å². The molecule has 3 heteroatoms. The molecule has 0 saturated heterocycles. The van der Waals surface area contributed by atoms with Gasteiger partial charge in [0.15, 0.2) is 0 Å². The average molecular weight is 208 g/mol. The number of Topliss-reactive ketones (excluding diaryl/α,β-unsaturated/α-hetero) is 1.